The minimum atomic E-state index is 0.629. The van der Waals surface area contributed by atoms with Gasteiger partial charge in [-0.2, -0.15) is 10.2 Å². The Bertz CT molecular complexity index is 516. The van der Waals surface area contributed by atoms with Gasteiger partial charge in [0.2, 0.25) is 0 Å². The van der Waals surface area contributed by atoms with Crippen LogP contribution in [0.4, 0.5) is 0 Å². The van der Waals surface area contributed by atoms with Gasteiger partial charge in [0.15, 0.2) is 0 Å². The fraction of sp³-hybridized carbons (Fsp3) is 0.600. The number of aromatic amines is 1. The normalized spacial score (nSPS) is 20.4. The van der Waals surface area contributed by atoms with Gasteiger partial charge >= 0.3 is 0 Å². The van der Waals surface area contributed by atoms with Crippen molar-refractivity contribution in [1.82, 2.24) is 24.9 Å². The number of nitrogens with one attached hydrogen (secondary N) is 1. The molecule has 3 heterocycles. The van der Waals surface area contributed by atoms with Gasteiger partial charge in [-0.25, -0.2) is 0 Å². The summed E-state index contributed by atoms with van der Waals surface area (Å²) in [7, 11) is 1.98. The Balaban J connectivity index is 1.46. The zero-order valence-corrected chi connectivity index (χ0v) is 12.1. The van der Waals surface area contributed by atoms with E-state index in [9.17, 15) is 0 Å². The summed E-state index contributed by atoms with van der Waals surface area (Å²) in [6, 6.07) is 2.11. The monoisotopic (exact) mass is 273 g/mol. The summed E-state index contributed by atoms with van der Waals surface area (Å²) in [6.07, 6.45) is 10.8. The third-order valence-electron chi connectivity index (χ3n) is 4.17. The van der Waals surface area contributed by atoms with Crippen LogP contribution in [0.2, 0.25) is 0 Å². The summed E-state index contributed by atoms with van der Waals surface area (Å²) < 4.78 is 1.88. The van der Waals surface area contributed by atoms with Crippen LogP contribution >= 0.6 is 0 Å². The molecule has 1 atom stereocenters. The molecule has 1 N–H and O–H groups in total. The predicted octanol–water partition coefficient (Wildman–Crippen LogP) is 1.96. The summed E-state index contributed by atoms with van der Waals surface area (Å²) in [5.41, 5.74) is 2.64. The average Bonchev–Trinajstić information content (AvgIpc) is 3.11. The van der Waals surface area contributed by atoms with Crippen LogP contribution < -0.4 is 0 Å². The van der Waals surface area contributed by atoms with Crippen LogP contribution in [0, 0.1) is 0 Å². The summed E-state index contributed by atoms with van der Waals surface area (Å²) >= 11 is 0. The van der Waals surface area contributed by atoms with E-state index in [0.29, 0.717) is 5.92 Å². The van der Waals surface area contributed by atoms with Crippen molar-refractivity contribution in [3.8, 4) is 0 Å². The number of rotatable bonds is 5. The van der Waals surface area contributed by atoms with Crippen molar-refractivity contribution in [2.45, 2.75) is 31.6 Å². The molecule has 1 fully saturated rings. The number of H-pyrrole nitrogens is 1. The van der Waals surface area contributed by atoms with Crippen molar-refractivity contribution in [3.05, 3.63) is 35.9 Å². The maximum atomic E-state index is 4.22. The van der Waals surface area contributed by atoms with Gasteiger partial charge in [-0.15, -0.1) is 0 Å². The van der Waals surface area contributed by atoms with Crippen molar-refractivity contribution in [1.29, 1.82) is 0 Å². The largest absolute Gasteiger partial charge is 0.303 e. The molecule has 2 aromatic rings. The van der Waals surface area contributed by atoms with Crippen LogP contribution in [-0.2, 0) is 13.5 Å². The molecule has 0 bridgehead atoms. The first kappa shape index (κ1) is 13.4. The highest BCUT2D eigenvalue weighted by Gasteiger charge is 2.21. The molecule has 1 saturated heterocycles. The maximum absolute atomic E-state index is 4.22. The number of aryl methyl sites for hydroxylation is 2. The summed E-state index contributed by atoms with van der Waals surface area (Å²) in [6.45, 7) is 3.58. The first-order valence-corrected chi connectivity index (χ1v) is 7.50. The predicted molar refractivity (Wildman–Crippen MR) is 78.5 cm³/mol. The van der Waals surface area contributed by atoms with Gasteiger partial charge in [0.25, 0.3) is 0 Å². The van der Waals surface area contributed by atoms with E-state index in [1.54, 1.807) is 0 Å². The Hall–Kier alpha value is -1.62. The average molecular weight is 273 g/mol. The number of piperidine rings is 1. The lowest BCUT2D eigenvalue weighted by Gasteiger charge is -2.32. The number of nitrogens with zero attached hydrogens (tertiary/aromatic N) is 4. The minimum Gasteiger partial charge on any atom is -0.303 e. The van der Waals surface area contributed by atoms with Crippen molar-refractivity contribution >= 4 is 0 Å². The summed E-state index contributed by atoms with van der Waals surface area (Å²) in [5.74, 6) is 0.629. The topological polar surface area (TPSA) is 49.7 Å². The molecule has 5 nitrogen and oxygen atoms in total. The SMILES string of the molecule is Cn1cc(CCCN2CCC[C@H](c3ccn[nH]3)C2)cn1. The van der Waals surface area contributed by atoms with Crippen LogP contribution in [0.25, 0.3) is 0 Å². The van der Waals surface area contributed by atoms with E-state index in [4.69, 9.17) is 0 Å². The molecule has 0 saturated carbocycles. The number of hydrogen-bond donors (Lipinski definition) is 1. The van der Waals surface area contributed by atoms with E-state index in [0.717, 1.165) is 13.0 Å². The molecule has 0 amide bonds. The molecular formula is C15H23N5. The van der Waals surface area contributed by atoms with Crippen molar-refractivity contribution in [2.24, 2.45) is 7.05 Å². The van der Waals surface area contributed by atoms with E-state index in [1.807, 2.05) is 24.1 Å². The van der Waals surface area contributed by atoms with Crippen LogP contribution in [0.15, 0.2) is 24.7 Å². The molecule has 1 aliphatic rings. The highest BCUT2D eigenvalue weighted by molar-refractivity contribution is 5.07. The van der Waals surface area contributed by atoms with E-state index < -0.39 is 0 Å². The first-order chi connectivity index (χ1) is 9.81. The highest BCUT2D eigenvalue weighted by Crippen LogP contribution is 2.25. The number of hydrogen-bond acceptors (Lipinski definition) is 3. The lowest BCUT2D eigenvalue weighted by Crippen LogP contribution is -2.35. The van der Waals surface area contributed by atoms with Gasteiger partial charge in [-0.3, -0.25) is 9.78 Å². The van der Waals surface area contributed by atoms with Crippen LogP contribution in [0.1, 0.15) is 36.4 Å². The molecule has 0 aliphatic carbocycles. The van der Waals surface area contributed by atoms with E-state index >= 15 is 0 Å². The summed E-state index contributed by atoms with van der Waals surface area (Å²) in [5, 5.41) is 11.4. The Kier molecular flexibility index (Phi) is 4.16. The summed E-state index contributed by atoms with van der Waals surface area (Å²) in [4.78, 5) is 2.59. The molecule has 0 unspecified atom stereocenters. The third-order valence-corrected chi connectivity index (χ3v) is 4.17. The molecule has 108 valence electrons. The first-order valence-electron chi connectivity index (χ1n) is 7.50. The Labute approximate surface area is 120 Å². The molecule has 3 rings (SSSR count). The molecule has 0 spiro atoms. The molecule has 0 radical (unpaired) electrons. The van der Waals surface area contributed by atoms with Crippen LogP contribution in [0.5, 0.6) is 0 Å². The zero-order valence-electron chi connectivity index (χ0n) is 12.1. The Morgan fingerprint density at radius 1 is 1.45 bits per heavy atom. The van der Waals surface area contributed by atoms with E-state index in [1.165, 1.54) is 43.6 Å². The number of likely N-dealkylation sites (tertiary alicyclic amines) is 1. The molecular weight excluding hydrogens is 250 g/mol. The lowest BCUT2D eigenvalue weighted by molar-refractivity contribution is 0.204. The second kappa shape index (κ2) is 6.22. The van der Waals surface area contributed by atoms with Gasteiger partial charge < -0.3 is 4.90 Å². The smallest absolute Gasteiger partial charge is 0.0521 e. The lowest BCUT2D eigenvalue weighted by atomic mass is 9.95. The highest BCUT2D eigenvalue weighted by atomic mass is 15.2. The standard InChI is InChI=1S/C15H23N5/c1-19-11-13(10-17-19)4-2-8-20-9-3-5-14(12-20)15-6-7-16-18-15/h6-7,10-11,14H,2-5,8-9,12H2,1H3,(H,16,18)/t14-/m0/s1. The Morgan fingerprint density at radius 2 is 2.40 bits per heavy atom. The van der Waals surface area contributed by atoms with Crippen molar-refractivity contribution in [3.63, 3.8) is 0 Å². The van der Waals surface area contributed by atoms with Crippen LogP contribution in [0.3, 0.4) is 0 Å². The van der Waals surface area contributed by atoms with Gasteiger partial charge in [0.05, 0.1) is 6.20 Å². The van der Waals surface area contributed by atoms with E-state index in [-0.39, 0.29) is 0 Å². The van der Waals surface area contributed by atoms with Gasteiger partial charge in [0, 0.05) is 37.6 Å². The second-order valence-electron chi connectivity index (χ2n) is 5.78. The fourth-order valence-electron chi connectivity index (χ4n) is 3.11. The van der Waals surface area contributed by atoms with Crippen molar-refractivity contribution < 1.29 is 0 Å². The van der Waals surface area contributed by atoms with E-state index in [2.05, 4.69) is 32.5 Å². The molecule has 5 heteroatoms. The van der Waals surface area contributed by atoms with Gasteiger partial charge in [-0.1, -0.05) is 0 Å². The molecule has 0 aromatic carbocycles. The Morgan fingerprint density at radius 3 is 3.15 bits per heavy atom. The fourth-order valence-corrected chi connectivity index (χ4v) is 3.11. The van der Waals surface area contributed by atoms with Gasteiger partial charge in [-0.05, 0) is 50.4 Å². The second-order valence-corrected chi connectivity index (χ2v) is 5.78. The number of aromatic nitrogens is 4. The quantitative estimate of drug-likeness (QED) is 0.906. The zero-order chi connectivity index (χ0) is 13.8. The molecule has 2 aromatic heterocycles. The van der Waals surface area contributed by atoms with Crippen LogP contribution in [-0.4, -0.2) is 44.5 Å². The molecule has 1 aliphatic heterocycles. The maximum Gasteiger partial charge on any atom is 0.0521 e. The molecule has 20 heavy (non-hydrogen) atoms. The van der Waals surface area contributed by atoms with Gasteiger partial charge in [0.1, 0.15) is 0 Å². The van der Waals surface area contributed by atoms with Crippen molar-refractivity contribution in [2.75, 3.05) is 19.6 Å². The minimum absolute atomic E-state index is 0.629. The third kappa shape index (κ3) is 3.28.